The molecule has 0 aromatic heterocycles. The molecule has 1 N–H and O–H groups in total. The molecule has 2 aromatic rings. The zero-order chi connectivity index (χ0) is 30.4. The Morgan fingerprint density at radius 3 is 2.34 bits per heavy atom. The molecule has 226 valence electrons. The largest absolute Gasteiger partial charge is 0.491 e. The van der Waals surface area contributed by atoms with Crippen LogP contribution in [0.3, 0.4) is 0 Å². The maximum atomic E-state index is 13.9. The molecule has 1 aliphatic heterocycles. The van der Waals surface area contributed by atoms with Crippen molar-refractivity contribution < 1.29 is 40.6 Å². The van der Waals surface area contributed by atoms with Gasteiger partial charge in [-0.25, -0.2) is 26.0 Å². The van der Waals surface area contributed by atoms with Crippen molar-refractivity contribution >= 4 is 39.1 Å². The number of hydrogen-bond donors (Lipinski definition) is 1. The number of alkyl halides is 4. The quantitative estimate of drug-likeness (QED) is 0.299. The Kier molecular flexibility index (Phi) is 8.65. The van der Waals surface area contributed by atoms with E-state index < -0.39 is 51.0 Å². The number of para-hydroxylation sites is 1. The Hall–Kier alpha value is -2.51. The van der Waals surface area contributed by atoms with E-state index in [9.17, 15) is 35.9 Å². The van der Waals surface area contributed by atoms with Crippen LogP contribution < -0.4 is 9.64 Å². The zero-order valence-electron chi connectivity index (χ0n) is 23.2. The molecule has 1 aliphatic carbocycles. The van der Waals surface area contributed by atoms with Gasteiger partial charge in [-0.3, -0.25) is 4.79 Å². The smallest absolute Gasteiger partial charge is 0.312 e. The third-order valence-electron chi connectivity index (χ3n) is 7.38. The van der Waals surface area contributed by atoms with Crippen LogP contribution in [0.15, 0.2) is 52.3 Å². The number of halogens is 4. The minimum atomic E-state index is -4.24. The molecule has 1 heterocycles. The molecule has 1 saturated carbocycles. The standard InChI is InChI=1S/C28H34F4N2O5S2/c1-26(2,25(35)36)17-39-22-13-24-21(12-23(22)40-20-14-28(31,32)15-20)34(18-8-6-5-7-9-18)16-19(10-11-27(3,29)30)33(4)41(24,37)38/h5-9,12-13,19-20H,10-11,14-17H2,1-4H3,(H,35,36)/t19-/m1/s1. The van der Waals surface area contributed by atoms with Gasteiger partial charge in [0.25, 0.3) is 0 Å². The number of likely N-dealkylation sites (N-methyl/N-ethyl adjacent to an activating group) is 1. The monoisotopic (exact) mass is 618 g/mol. The first-order chi connectivity index (χ1) is 18.9. The number of carboxylic acid groups (broad SMARTS) is 1. The van der Waals surface area contributed by atoms with Crippen molar-refractivity contribution in [2.45, 2.75) is 79.4 Å². The van der Waals surface area contributed by atoms with Gasteiger partial charge < -0.3 is 14.7 Å². The van der Waals surface area contributed by atoms with Crippen LogP contribution in [-0.2, 0) is 14.8 Å². The van der Waals surface area contributed by atoms with Crippen LogP contribution in [0.1, 0.15) is 46.5 Å². The number of rotatable bonds is 10. The summed E-state index contributed by atoms with van der Waals surface area (Å²) in [5.41, 5.74) is -0.438. The van der Waals surface area contributed by atoms with Crippen molar-refractivity contribution in [2.75, 3.05) is 25.1 Å². The van der Waals surface area contributed by atoms with Gasteiger partial charge in [-0.2, -0.15) is 4.31 Å². The number of carbonyl (C=O) groups is 1. The van der Waals surface area contributed by atoms with Gasteiger partial charge in [0.1, 0.15) is 17.3 Å². The molecular weight excluding hydrogens is 584 g/mol. The van der Waals surface area contributed by atoms with E-state index in [1.54, 1.807) is 41.3 Å². The van der Waals surface area contributed by atoms with E-state index in [0.29, 0.717) is 10.6 Å². The van der Waals surface area contributed by atoms with E-state index in [2.05, 4.69) is 0 Å². The van der Waals surface area contributed by atoms with Gasteiger partial charge >= 0.3 is 5.97 Å². The number of thioether (sulfide) groups is 1. The van der Waals surface area contributed by atoms with E-state index in [0.717, 1.165) is 23.0 Å². The second-order valence-corrected chi connectivity index (χ2v) is 14.8. The highest BCUT2D eigenvalue weighted by molar-refractivity contribution is 8.00. The minimum Gasteiger partial charge on any atom is -0.491 e. The molecule has 13 heteroatoms. The van der Waals surface area contributed by atoms with Gasteiger partial charge in [0, 0.05) is 55.9 Å². The predicted molar refractivity (Wildman–Crippen MR) is 149 cm³/mol. The lowest BCUT2D eigenvalue weighted by molar-refractivity contribution is -0.148. The molecule has 4 rings (SSSR count). The molecule has 0 unspecified atom stereocenters. The summed E-state index contributed by atoms with van der Waals surface area (Å²) >= 11 is 1.12. The van der Waals surface area contributed by atoms with Crippen LogP contribution in [0.4, 0.5) is 28.9 Å². The number of ether oxygens (including phenoxy) is 1. The number of sulfonamides is 1. The molecule has 2 aliphatic rings. The van der Waals surface area contributed by atoms with Crippen molar-refractivity contribution in [3.63, 3.8) is 0 Å². The number of nitrogens with zero attached hydrogens (tertiary/aromatic N) is 2. The predicted octanol–water partition coefficient (Wildman–Crippen LogP) is 6.64. The van der Waals surface area contributed by atoms with E-state index >= 15 is 0 Å². The zero-order valence-corrected chi connectivity index (χ0v) is 24.9. The van der Waals surface area contributed by atoms with Crippen molar-refractivity contribution in [1.29, 1.82) is 0 Å². The highest BCUT2D eigenvalue weighted by atomic mass is 32.2. The highest BCUT2D eigenvalue weighted by Gasteiger charge is 2.46. The summed E-state index contributed by atoms with van der Waals surface area (Å²) in [4.78, 5) is 13.7. The number of hydrogen-bond acceptors (Lipinski definition) is 6. The SMILES string of the molecule is CN1[C@H](CCC(C)(F)F)CN(c2ccccc2)c2cc(SC3CC(F)(F)C3)c(OCC(C)(C)C(=O)O)cc2S1(=O)=O. The van der Waals surface area contributed by atoms with Crippen LogP contribution in [0.25, 0.3) is 0 Å². The van der Waals surface area contributed by atoms with Crippen LogP contribution in [-0.4, -0.2) is 67.1 Å². The van der Waals surface area contributed by atoms with Gasteiger partial charge in [-0.05, 0) is 45.4 Å². The Balaban J connectivity index is 1.85. The summed E-state index contributed by atoms with van der Waals surface area (Å²) in [5.74, 6) is -6.85. The van der Waals surface area contributed by atoms with Gasteiger partial charge in [0.05, 0.1) is 16.0 Å². The van der Waals surface area contributed by atoms with Gasteiger partial charge in [-0.15, -0.1) is 11.8 Å². The average molecular weight is 619 g/mol. The van der Waals surface area contributed by atoms with Gasteiger partial charge in [0.15, 0.2) is 0 Å². The van der Waals surface area contributed by atoms with Crippen LogP contribution >= 0.6 is 11.8 Å². The lowest BCUT2D eigenvalue weighted by Gasteiger charge is -2.35. The molecule has 0 spiro atoms. The lowest BCUT2D eigenvalue weighted by atomic mass is 9.94. The number of carboxylic acids is 1. The third-order valence-corrected chi connectivity index (χ3v) is 10.6. The molecule has 2 aromatic carbocycles. The molecule has 1 atom stereocenters. The first-order valence-electron chi connectivity index (χ1n) is 13.2. The summed E-state index contributed by atoms with van der Waals surface area (Å²) in [7, 11) is -2.90. The fourth-order valence-electron chi connectivity index (χ4n) is 4.66. The number of anilines is 2. The van der Waals surface area contributed by atoms with Gasteiger partial charge in [-0.1, -0.05) is 18.2 Å². The van der Waals surface area contributed by atoms with Crippen molar-refractivity contribution in [2.24, 2.45) is 5.41 Å². The molecule has 1 fully saturated rings. The van der Waals surface area contributed by atoms with E-state index in [1.165, 1.54) is 27.0 Å². The second kappa shape index (κ2) is 11.3. The van der Waals surface area contributed by atoms with Crippen molar-refractivity contribution in [3.05, 3.63) is 42.5 Å². The number of fused-ring (bicyclic) bond motifs is 1. The molecular formula is C28H34F4N2O5S2. The molecule has 0 bridgehead atoms. The van der Waals surface area contributed by atoms with Crippen molar-refractivity contribution in [1.82, 2.24) is 4.31 Å². The second-order valence-electron chi connectivity index (χ2n) is 11.5. The first kappa shape index (κ1) is 31.4. The van der Waals surface area contributed by atoms with E-state index in [1.807, 2.05) is 0 Å². The molecule has 0 radical (unpaired) electrons. The fraction of sp³-hybridized carbons (Fsp3) is 0.536. The Morgan fingerprint density at radius 2 is 1.78 bits per heavy atom. The Bertz CT molecular complexity index is 1380. The summed E-state index contributed by atoms with van der Waals surface area (Å²) in [6, 6.07) is 10.9. The minimum absolute atomic E-state index is 0.0572. The van der Waals surface area contributed by atoms with E-state index in [-0.39, 0.29) is 48.7 Å². The summed E-state index contributed by atoms with van der Waals surface area (Å²) < 4.78 is 89.9. The first-order valence-corrected chi connectivity index (χ1v) is 15.5. The molecule has 7 nitrogen and oxygen atoms in total. The summed E-state index contributed by atoms with van der Waals surface area (Å²) in [6.07, 6.45) is -1.34. The average Bonchev–Trinajstić information content (AvgIpc) is 2.93. The van der Waals surface area contributed by atoms with Gasteiger partial charge in [0.2, 0.25) is 21.9 Å². The topological polar surface area (TPSA) is 87.2 Å². The maximum Gasteiger partial charge on any atom is 0.312 e. The molecule has 0 amide bonds. The highest BCUT2D eigenvalue weighted by Crippen LogP contribution is 2.51. The van der Waals surface area contributed by atoms with Crippen LogP contribution in [0.5, 0.6) is 5.75 Å². The Morgan fingerprint density at radius 1 is 1.15 bits per heavy atom. The summed E-state index contributed by atoms with van der Waals surface area (Å²) in [6.45, 7) is 3.46. The number of aliphatic carboxylic acids is 1. The Labute approximate surface area is 241 Å². The normalized spacial score (nSPS) is 21.1. The third kappa shape index (κ3) is 7.11. The van der Waals surface area contributed by atoms with Crippen molar-refractivity contribution in [3.8, 4) is 5.75 Å². The maximum absolute atomic E-state index is 13.9. The molecule has 0 saturated heterocycles. The number of benzene rings is 2. The summed E-state index contributed by atoms with van der Waals surface area (Å²) in [5, 5.41) is 9.10. The van der Waals surface area contributed by atoms with E-state index in [4.69, 9.17) is 4.74 Å². The van der Waals surface area contributed by atoms with Crippen LogP contribution in [0, 0.1) is 5.41 Å². The lowest BCUT2D eigenvalue weighted by Crippen LogP contribution is -2.41. The molecule has 41 heavy (non-hydrogen) atoms. The van der Waals surface area contributed by atoms with Crippen LogP contribution in [0.2, 0.25) is 0 Å². The fourth-order valence-corrected chi connectivity index (χ4v) is 7.65.